The van der Waals surface area contributed by atoms with Crippen molar-refractivity contribution in [3.8, 4) is 6.07 Å². The van der Waals surface area contributed by atoms with Crippen LogP contribution in [0.15, 0.2) is 76.5 Å². The lowest BCUT2D eigenvalue weighted by atomic mass is 10.0. The van der Waals surface area contributed by atoms with Crippen LogP contribution in [0.2, 0.25) is 0 Å². The second kappa shape index (κ2) is 10.8. The summed E-state index contributed by atoms with van der Waals surface area (Å²) < 4.78 is 46.8. The van der Waals surface area contributed by atoms with E-state index in [4.69, 9.17) is 4.74 Å². The van der Waals surface area contributed by atoms with Crippen molar-refractivity contribution >= 4 is 23.4 Å². The average Bonchev–Trinajstić information content (AvgIpc) is 2.88. The summed E-state index contributed by atoms with van der Waals surface area (Å²) in [5, 5.41) is 12.0. The Kier molecular flexibility index (Phi) is 7.63. The summed E-state index contributed by atoms with van der Waals surface area (Å²) in [6.07, 6.45) is -4.56. The van der Waals surface area contributed by atoms with Crippen molar-refractivity contribution in [2.75, 3.05) is 31.2 Å². The third-order valence-corrected chi connectivity index (χ3v) is 6.73. The molecule has 0 spiro atoms. The Morgan fingerprint density at radius 1 is 1.03 bits per heavy atom. The highest BCUT2D eigenvalue weighted by Crippen LogP contribution is 2.35. The fourth-order valence-electron chi connectivity index (χ4n) is 3.78. The molecule has 0 aliphatic carbocycles. The van der Waals surface area contributed by atoms with Gasteiger partial charge in [-0.3, -0.25) is 4.79 Å². The van der Waals surface area contributed by atoms with E-state index in [1.54, 1.807) is 54.6 Å². The highest BCUT2D eigenvalue weighted by atomic mass is 32.2. The molecule has 9 heteroatoms. The first-order valence-corrected chi connectivity index (χ1v) is 11.8. The maximum atomic E-state index is 13.8. The highest BCUT2D eigenvalue weighted by Gasteiger charge is 2.34. The number of nitriles is 1. The van der Waals surface area contributed by atoms with Gasteiger partial charge in [-0.25, -0.2) is 0 Å². The van der Waals surface area contributed by atoms with E-state index in [-0.39, 0.29) is 12.1 Å². The standard InChI is InChI=1S/C26H22F3N3O2S/c27-26(28,29)22-15-20(32-11-13-34-14-12-32)10-9-19(22)17-31-25(33)21-6-2-4-8-24(21)35-23-7-3-1-5-18(23)16-30/h1-10,15H,11-14,17H2,(H,31,33). The van der Waals surface area contributed by atoms with Crippen LogP contribution in [0.5, 0.6) is 0 Å². The fraction of sp³-hybridized carbons (Fsp3) is 0.231. The number of ether oxygens (including phenoxy) is 1. The molecule has 1 fully saturated rings. The van der Waals surface area contributed by atoms with Crippen molar-refractivity contribution in [3.63, 3.8) is 0 Å². The normalized spacial score (nSPS) is 13.8. The minimum absolute atomic E-state index is 0.0113. The number of hydrogen-bond acceptors (Lipinski definition) is 5. The summed E-state index contributed by atoms with van der Waals surface area (Å²) in [5.74, 6) is -0.493. The van der Waals surface area contributed by atoms with E-state index in [9.17, 15) is 23.2 Å². The van der Waals surface area contributed by atoms with E-state index in [1.807, 2.05) is 4.90 Å². The predicted molar refractivity (Wildman–Crippen MR) is 127 cm³/mol. The molecule has 5 nitrogen and oxygen atoms in total. The first kappa shape index (κ1) is 24.6. The maximum absolute atomic E-state index is 13.8. The van der Waals surface area contributed by atoms with E-state index < -0.39 is 17.6 Å². The van der Waals surface area contributed by atoms with Crippen LogP contribution in [0, 0.1) is 11.3 Å². The van der Waals surface area contributed by atoms with Crippen LogP contribution < -0.4 is 10.2 Å². The number of hydrogen-bond donors (Lipinski definition) is 1. The van der Waals surface area contributed by atoms with Gasteiger partial charge in [0.25, 0.3) is 5.91 Å². The predicted octanol–water partition coefficient (Wildman–Crippen LogP) is 5.49. The average molecular weight is 498 g/mol. The largest absolute Gasteiger partial charge is 0.416 e. The van der Waals surface area contributed by atoms with Gasteiger partial charge < -0.3 is 15.0 Å². The third kappa shape index (κ3) is 5.96. The SMILES string of the molecule is N#Cc1ccccc1Sc1ccccc1C(=O)NCc1ccc(N2CCOCC2)cc1C(F)(F)F. The van der Waals surface area contributed by atoms with Gasteiger partial charge in [0.2, 0.25) is 0 Å². The van der Waals surface area contributed by atoms with Crippen LogP contribution in [-0.4, -0.2) is 32.2 Å². The van der Waals surface area contributed by atoms with E-state index in [1.165, 1.54) is 17.8 Å². The van der Waals surface area contributed by atoms with Crippen LogP contribution in [0.3, 0.4) is 0 Å². The molecule has 1 aliphatic rings. The molecule has 4 rings (SSSR count). The van der Waals surface area contributed by atoms with Crippen molar-refractivity contribution in [1.29, 1.82) is 5.26 Å². The summed E-state index contributed by atoms with van der Waals surface area (Å²) in [5.41, 5.74) is 0.496. The van der Waals surface area contributed by atoms with Gasteiger partial charge in [0, 0.05) is 35.1 Å². The van der Waals surface area contributed by atoms with Crippen molar-refractivity contribution in [2.45, 2.75) is 22.5 Å². The summed E-state index contributed by atoms with van der Waals surface area (Å²) in [4.78, 5) is 16.1. The molecule has 0 unspecified atom stereocenters. The van der Waals surface area contributed by atoms with Gasteiger partial charge >= 0.3 is 6.18 Å². The Labute approximate surface area is 205 Å². The van der Waals surface area contributed by atoms with Crippen molar-refractivity contribution in [1.82, 2.24) is 5.32 Å². The van der Waals surface area contributed by atoms with E-state index in [0.717, 1.165) is 6.07 Å². The number of nitrogens with zero attached hydrogens (tertiary/aromatic N) is 2. The molecule has 1 heterocycles. The number of rotatable bonds is 6. The monoisotopic (exact) mass is 497 g/mol. The molecule has 3 aromatic carbocycles. The molecule has 0 atom stereocenters. The van der Waals surface area contributed by atoms with E-state index >= 15 is 0 Å². The molecule has 0 saturated carbocycles. The van der Waals surface area contributed by atoms with Gasteiger partial charge in [0.05, 0.1) is 29.9 Å². The quantitative estimate of drug-likeness (QED) is 0.488. The van der Waals surface area contributed by atoms with E-state index in [0.29, 0.717) is 52.9 Å². The number of benzene rings is 3. The summed E-state index contributed by atoms with van der Waals surface area (Å²) in [6.45, 7) is 1.71. The molecule has 0 bridgehead atoms. The second-order valence-corrected chi connectivity index (χ2v) is 8.91. The fourth-order valence-corrected chi connectivity index (χ4v) is 4.81. The summed E-state index contributed by atoms with van der Waals surface area (Å²) >= 11 is 1.26. The molecule has 1 saturated heterocycles. The van der Waals surface area contributed by atoms with Crippen LogP contribution >= 0.6 is 11.8 Å². The number of anilines is 1. The molecule has 3 aromatic rings. The molecule has 1 aliphatic heterocycles. The lowest BCUT2D eigenvalue weighted by Gasteiger charge is -2.29. The lowest BCUT2D eigenvalue weighted by molar-refractivity contribution is -0.138. The Bertz CT molecular complexity index is 1250. The zero-order valence-electron chi connectivity index (χ0n) is 18.6. The van der Waals surface area contributed by atoms with Gasteiger partial charge in [0.1, 0.15) is 6.07 Å². The number of carbonyl (C=O) groups is 1. The first-order chi connectivity index (χ1) is 16.9. The minimum atomic E-state index is -4.56. The molecular formula is C26H22F3N3O2S. The smallest absolute Gasteiger partial charge is 0.378 e. The molecule has 0 radical (unpaired) electrons. The Hall–Kier alpha value is -3.48. The second-order valence-electron chi connectivity index (χ2n) is 7.83. The maximum Gasteiger partial charge on any atom is 0.416 e. The summed E-state index contributed by atoms with van der Waals surface area (Å²) in [7, 11) is 0. The third-order valence-electron chi connectivity index (χ3n) is 5.57. The number of amides is 1. The number of nitrogens with one attached hydrogen (secondary N) is 1. The summed E-state index contributed by atoms with van der Waals surface area (Å²) in [6, 6.07) is 20.1. The Balaban J connectivity index is 1.53. The first-order valence-electron chi connectivity index (χ1n) is 10.9. The molecule has 180 valence electrons. The lowest BCUT2D eigenvalue weighted by Crippen LogP contribution is -2.36. The number of carbonyl (C=O) groups excluding carboxylic acids is 1. The van der Waals surface area contributed by atoms with Gasteiger partial charge in [-0.2, -0.15) is 18.4 Å². The van der Waals surface area contributed by atoms with Crippen molar-refractivity contribution in [3.05, 3.63) is 89.0 Å². The van der Waals surface area contributed by atoms with Gasteiger partial charge in [0.15, 0.2) is 0 Å². The Morgan fingerprint density at radius 2 is 1.71 bits per heavy atom. The van der Waals surface area contributed by atoms with Gasteiger partial charge in [-0.15, -0.1) is 0 Å². The van der Waals surface area contributed by atoms with Crippen LogP contribution in [0.25, 0.3) is 0 Å². The molecular weight excluding hydrogens is 475 g/mol. The molecule has 0 aromatic heterocycles. The Morgan fingerprint density at radius 3 is 2.43 bits per heavy atom. The number of alkyl halides is 3. The van der Waals surface area contributed by atoms with Gasteiger partial charge in [-0.1, -0.05) is 42.1 Å². The van der Waals surface area contributed by atoms with Crippen LogP contribution in [-0.2, 0) is 17.5 Å². The molecule has 1 amide bonds. The van der Waals surface area contributed by atoms with Crippen molar-refractivity contribution < 1.29 is 22.7 Å². The van der Waals surface area contributed by atoms with Gasteiger partial charge in [-0.05, 0) is 42.0 Å². The number of halogens is 3. The zero-order chi connectivity index (χ0) is 24.8. The van der Waals surface area contributed by atoms with Crippen molar-refractivity contribution in [2.24, 2.45) is 0 Å². The van der Waals surface area contributed by atoms with Crippen LogP contribution in [0.1, 0.15) is 27.0 Å². The number of morpholine rings is 1. The zero-order valence-corrected chi connectivity index (χ0v) is 19.5. The van der Waals surface area contributed by atoms with E-state index in [2.05, 4.69) is 11.4 Å². The highest BCUT2D eigenvalue weighted by molar-refractivity contribution is 7.99. The van der Waals surface area contributed by atoms with Crippen LogP contribution in [0.4, 0.5) is 18.9 Å². The molecule has 1 N–H and O–H groups in total. The molecule has 35 heavy (non-hydrogen) atoms. The topological polar surface area (TPSA) is 65.4 Å². The minimum Gasteiger partial charge on any atom is -0.378 e.